The Morgan fingerprint density at radius 3 is 1.92 bits per heavy atom. The summed E-state index contributed by atoms with van der Waals surface area (Å²) in [7, 11) is 0. The van der Waals surface area contributed by atoms with Crippen molar-refractivity contribution in [3.05, 3.63) is 24.3 Å². The predicted molar refractivity (Wildman–Crippen MR) is 225 cm³/mol. The standard InChI is InChI=1S/C24H35N5O5.C19H27N5O/c1-4-15(5-2)26-21-18-22(29(13-25-18)23-20(32)19(31)16(12-30)34-23)28-17(27-21)8-10-24(33)9-6-7-14(3)11-24;1-4-14(5-2)22-18-16-17(21-12-20-16)23-15(24-18)8-10-19(25)9-6-7-13(3)11-19/h13-16,19-20,23,30-33H,4-7,9,11-12H2,1-3H3,(H,26,27,28);12-14,25H,4-7,9,11H2,1-3H3,(H2,20,21,22,23,24)/t14-,16-,19?,20+,23-,24-;13-,19-/m11/s1. The van der Waals surface area contributed by atoms with Crippen molar-refractivity contribution in [1.82, 2.24) is 39.5 Å². The molecule has 5 heterocycles. The molecule has 1 saturated heterocycles. The fraction of sp³-hybridized carbons (Fsp3) is 0.674. The minimum atomic E-state index is -1.26. The normalized spacial score (nSPS) is 28.2. The van der Waals surface area contributed by atoms with E-state index in [0.717, 1.165) is 62.7 Å². The van der Waals surface area contributed by atoms with E-state index in [2.05, 4.69) is 111 Å². The first-order valence-corrected chi connectivity index (χ1v) is 21.4. The van der Waals surface area contributed by atoms with Crippen LogP contribution in [0.1, 0.15) is 136 Å². The Hall–Kier alpha value is -4.42. The van der Waals surface area contributed by atoms with E-state index < -0.39 is 42.3 Å². The van der Waals surface area contributed by atoms with Crippen LogP contribution in [0.15, 0.2) is 12.7 Å². The van der Waals surface area contributed by atoms with Crippen LogP contribution < -0.4 is 10.6 Å². The van der Waals surface area contributed by atoms with E-state index in [-0.39, 0.29) is 11.9 Å². The van der Waals surface area contributed by atoms with Gasteiger partial charge in [0, 0.05) is 12.1 Å². The van der Waals surface area contributed by atoms with Gasteiger partial charge in [0.15, 0.2) is 34.7 Å². The highest BCUT2D eigenvalue weighted by Gasteiger charge is 2.44. The highest BCUT2D eigenvalue weighted by Crippen LogP contribution is 2.35. The summed E-state index contributed by atoms with van der Waals surface area (Å²) in [5.41, 5.74) is 0.262. The molecule has 0 aromatic carbocycles. The van der Waals surface area contributed by atoms with E-state index in [1.165, 1.54) is 10.9 Å². The van der Waals surface area contributed by atoms with Gasteiger partial charge in [0.2, 0.25) is 11.6 Å². The third-order valence-electron chi connectivity index (χ3n) is 11.9. The van der Waals surface area contributed by atoms with Gasteiger partial charge in [-0.05, 0) is 87.9 Å². The lowest BCUT2D eigenvalue weighted by atomic mass is 9.79. The zero-order valence-electron chi connectivity index (χ0n) is 35.2. The van der Waals surface area contributed by atoms with Crippen molar-refractivity contribution in [3.63, 3.8) is 0 Å². The number of H-pyrrole nitrogens is 1. The molecule has 16 nitrogen and oxygen atoms in total. The molecule has 0 bridgehead atoms. The van der Waals surface area contributed by atoms with E-state index in [0.29, 0.717) is 72.0 Å². The maximum atomic E-state index is 10.9. The second kappa shape index (κ2) is 19.3. The van der Waals surface area contributed by atoms with Crippen molar-refractivity contribution in [3.8, 4) is 23.7 Å². The van der Waals surface area contributed by atoms with Crippen LogP contribution in [-0.2, 0) is 4.74 Å². The molecule has 4 aromatic heterocycles. The predicted octanol–water partition coefficient (Wildman–Crippen LogP) is 4.58. The van der Waals surface area contributed by atoms with Gasteiger partial charge in [-0.3, -0.25) is 4.57 Å². The zero-order chi connectivity index (χ0) is 42.3. The van der Waals surface area contributed by atoms with Gasteiger partial charge in [-0.25, -0.2) is 24.9 Å². The molecule has 1 unspecified atom stereocenters. The summed E-state index contributed by atoms with van der Waals surface area (Å²) >= 11 is 0. The molecule has 16 heteroatoms. The first kappa shape index (κ1) is 44.1. The number of hydrogen-bond acceptors (Lipinski definition) is 14. The lowest BCUT2D eigenvalue weighted by molar-refractivity contribution is -0.0511. The average Bonchev–Trinajstić information content (AvgIpc) is 3.95. The summed E-state index contributed by atoms with van der Waals surface area (Å²) in [6, 6.07) is 0.506. The number of ether oxygens (including phenoxy) is 1. The summed E-state index contributed by atoms with van der Waals surface area (Å²) in [5.74, 6) is 14.7. The monoisotopic (exact) mass is 814 g/mol. The molecular weight excluding hydrogens is 753 g/mol. The topological polar surface area (TPSA) is 233 Å². The number of imidazole rings is 2. The lowest BCUT2D eigenvalue weighted by Gasteiger charge is -2.30. The number of anilines is 2. The van der Waals surface area contributed by atoms with E-state index in [9.17, 15) is 25.5 Å². The van der Waals surface area contributed by atoms with Crippen molar-refractivity contribution >= 4 is 34.0 Å². The Kier molecular flexibility index (Phi) is 14.4. The van der Waals surface area contributed by atoms with Gasteiger partial charge in [-0.1, -0.05) is 66.2 Å². The second-order valence-electron chi connectivity index (χ2n) is 16.7. The van der Waals surface area contributed by atoms with Gasteiger partial charge in [0.05, 0.1) is 19.3 Å². The molecular formula is C43H62N10O6. The fourth-order valence-corrected chi connectivity index (χ4v) is 8.35. The second-order valence-corrected chi connectivity index (χ2v) is 16.7. The third-order valence-corrected chi connectivity index (χ3v) is 11.9. The smallest absolute Gasteiger partial charge is 0.209 e. The van der Waals surface area contributed by atoms with Crippen molar-refractivity contribution in [2.75, 3.05) is 17.2 Å². The number of aromatic amines is 1. The molecule has 0 spiro atoms. The van der Waals surface area contributed by atoms with Crippen LogP contribution in [0.25, 0.3) is 22.3 Å². The Morgan fingerprint density at radius 2 is 1.37 bits per heavy atom. The molecule has 2 aliphatic carbocycles. The average molecular weight is 815 g/mol. The number of nitrogens with zero attached hydrogens (tertiary/aromatic N) is 7. The number of hydrogen-bond donors (Lipinski definition) is 8. The number of aliphatic hydroxyl groups is 5. The van der Waals surface area contributed by atoms with Gasteiger partial charge in [0.1, 0.15) is 35.0 Å². The van der Waals surface area contributed by atoms with Crippen molar-refractivity contribution < 1.29 is 30.3 Å². The molecule has 1 aliphatic heterocycles. The van der Waals surface area contributed by atoms with E-state index >= 15 is 0 Å². The number of aliphatic hydroxyl groups excluding tert-OH is 3. The first-order chi connectivity index (χ1) is 28.3. The van der Waals surface area contributed by atoms with Crippen molar-refractivity contribution in [2.45, 2.75) is 166 Å². The molecule has 8 atom stereocenters. The number of nitrogens with one attached hydrogen (secondary N) is 3. The summed E-state index contributed by atoms with van der Waals surface area (Å²) in [6.07, 6.45) is 9.32. The van der Waals surface area contributed by atoms with Crippen LogP contribution in [-0.4, -0.2) is 113 Å². The molecule has 320 valence electrons. The number of aromatic nitrogens is 8. The quantitative estimate of drug-likeness (QED) is 0.103. The van der Waals surface area contributed by atoms with E-state index in [1.54, 1.807) is 6.33 Å². The zero-order valence-corrected chi connectivity index (χ0v) is 35.2. The molecule has 4 aromatic rings. The van der Waals surface area contributed by atoms with Crippen LogP contribution in [0.3, 0.4) is 0 Å². The molecule has 0 radical (unpaired) electrons. The molecule has 7 rings (SSSR count). The summed E-state index contributed by atoms with van der Waals surface area (Å²) in [5, 5.41) is 58.7. The molecule has 3 fully saturated rings. The Balaban J connectivity index is 0.000000208. The van der Waals surface area contributed by atoms with Crippen LogP contribution in [0.5, 0.6) is 0 Å². The minimum absolute atomic E-state index is 0.168. The minimum Gasteiger partial charge on any atom is -0.394 e. The van der Waals surface area contributed by atoms with E-state index in [4.69, 9.17) is 4.74 Å². The van der Waals surface area contributed by atoms with Crippen molar-refractivity contribution in [1.29, 1.82) is 0 Å². The highest BCUT2D eigenvalue weighted by atomic mass is 16.6. The van der Waals surface area contributed by atoms with Crippen LogP contribution in [0.4, 0.5) is 11.6 Å². The third kappa shape index (κ3) is 10.5. The summed E-state index contributed by atoms with van der Waals surface area (Å²) in [4.78, 5) is 29.9. The number of fused-ring (bicyclic) bond motifs is 2. The SMILES string of the molecule is CCC(CC)Nc1nc(C#C[C@]2(O)CCC[C@@H](C)C2)nc2c1ncn2[C@@H]1O[C@H](CO)C(O)[C@@H]1O.CCC(CC)Nc1nc(C#C[C@]2(O)CCC[C@@H](C)C2)nc2nc[nH]c12. The van der Waals surface area contributed by atoms with Crippen LogP contribution in [0.2, 0.25) is 0 Å². The Bertz CT molecular complexity index is 2150. The highest BCUT2D eigenvalue weighted by molar-refractivity contribution is 5.84. The van der Waals surface area contributed by atoms with Gasteiger partial charge < -0.3 is 45.9 Å². The number of rotatable bonds is 10. The summed E-state index contributed by atoms with van der Waals surface area (Å²) in [6.45, 7) is 12.3. The van der Waals surface area contributed by atoms with Gasteiger partial charge in [-0.15, -0.1) is 0 Å². The fourth-order valence-electron chi connectivity index (χ4n) is 8.35. The van der Waals surface area contributed by atoms with Crippen LogP contribution >= 0.6 is 0 Å². The first-order valence-electron chi connectivity index (χ1n) is 21.4. The maximum Gasteiger partial charge on any atom is 0.209 e. The van der Waals surface area contributed by atoms with Crippen molar-refractivity contribution in [2.24, 2.45) is 11.8 Å². The Morgan fingerprint density at radius 1 is 0.814 bits per heavy atom. The maximum absolute atomic E-state index is 10.9. The summed E-state index contributed by atoms with van der Waals surface area (Å²) < 4.78 is 7.22. The molecule has 0 amide bonds. The molecule has 59 heavy (non-hydrogen) atoms. The molecule has 2 saturated carbocycles. The van der Waals surface area contributed by atoms with Gasteiger partial charge in [0.25, 0.3) is 0 Å². The Labute approximate surface area is 346 Å². The molecule has 3 aliphatic rings. The van der Waals surface area contributed by atoms with E-state index in [1.807, 2.05) is 0 Å². The lowest BCUT2D eigenvalue weighted by Crippen LogP contribution is -2.33. The van der Waals surface area contributed by atoms with Gasteiger partial charge >= 0.3 is 0 Å². The van der Waals surface area contributed by atoms with Gasteiger partial charge in [-0.2, -0.15) is 4.98 Å². The van der Waals surface area contributed by atoms with Crippen LogP contribution in [0, 0.1) is 35.5 Å². The largest absolute Gasteiger partial charge is 0.394 e. The molecule has 8 N–H and O–H groups in total.